The van der Waals surface area contributed by atoms with Crippen LogP contribution in [0, 0.1) is 5.92 Å². The Balaban J connectivity index is 2.10. The third-order valence-corrected chi connectivity index (χ3v) is 6.13. The van der Waals surface area contributed by atoms with Crippen LogP contribution < -0.4 is 4.80 Å². The van der Waals surface area contributed by atoms with Crippen LogP contribution >= 0.6 is 11.3 Å². The molecule has 1 amide bonds. The molecule has 1 saturated carbocycles. The maximum atomic E-state index is 12.1. The molecule has 0 spiro atoms. The first kappa shape index (κ1) is 17.8. The summed E-state index contributed by atoms with van der Waals surface area (Å²) in [7, 11) is -2.01. The molecule has 0 bridgehead atoms. The molecule has 0 unspecified atom stereocenters. The van der Waals surface area contributed by atoms with E-state index in [2.05, 4.69) is 9.73 Å². The topological polar surface area (TPSA) is 94.8 Å². The van der Waals surface area contributed by atoms with Crippen LogP contribution in [0.1, 0.15) is 19.3 Å². The van der Waals surface area contributed by atoms with Crippen molar-refractivity contribution in [2.75, 3.05) is 13.4 Å². The fraction of sp³-hybridized carbons (Fsp3) is 0.438. The number of carbonyl (C=O) groups excluding carboxylic acids is 2. The molecule has 134 valence electrons. The lowest BCUT2D eigenvalue weighted by Crippen LogP contribution is -2.19. The molecule has 0 saturated heterocycles. The molecule has 1 heterocycles. The van der Waals surface area contributed by atoms with Gasteiger partial charge in [0, 0.05) is 18.7 Å². The standard InChI is InChI=1S/C16H18N2O5S2/c1-23-14(19)7-8-18-12-6-5-11(25(2,21)22)9-13(12)24-16(18)17-15(20)10-3-4-10/h5-6,9-10H,3-4,7-8H2,1-2H3. The van der Waals surface area contributed by atoms with Crippen molar-refractivity contribution in [3.63, 3.8) is 0 Å². The smallest absolute Gasteiger partial charge is 0.307 e. The van der Waals surface area contributed by atoms with Gasteiger partial charge in [-0.2, -0.15) is 4.99 Å². The van der Waals surface area contributed by atoms with E-state index in [4.69, 9.17) is 0 Å². The van der Waals surface area contributed by atoms with Crippen molar-refractivity contribution in [2.24, 2.45) is 10.9 Å². The minimum atomic E-state index is -3.33. The number of hydrogen-bond donors (Lipinski definition) is 0. The van der Waals surface area contributed by atoms with Crippen molar-refractivity contribution >= 4 is 43.3 Å². The number of rotatable bonds is 5. The second kappa shape index (κ2) is 6.72. The van der Waals surface area contributed by atoms with Crippen molar-refractivity contribution in [2.45, 2.75) is 30.7 Å². The molecule has 0 radical (unpaired) electrons. The number of benzene rings is 1. The number of thiazole rings is 1. The molecule has 2 aromatic rings. The average molecular weight is 382 g/mol. The minimum Gasteiger partial charge on any atom is -0.469 e. The molecule has 0 atom stereocenters. The Bertz CT molecular complexity index is 1010. The molecule has 1 aliphatic carbocycles. The summed E-state index contributed by atoms with van der Waals surface area (Å²) in [6.45, 7) is 0.307. The lowest BCUT2D eigenvalue weighted by molar-refractivity contribution is -0.140. The van der Waals surface area contributed by atoms with Gasteiger partial charge in [-0.25, -0.2) is 8.42 Å². The van der Waals surface area contributed by atoms with Crippen molar-refractivity contribution in [3.8, 4) is 0 Å². The summed E-state index contributed by atoms with van der Waals surface area (Å²) >= 11 is 1.25. The quantitative estimate of drug-likeness (QED) is 0.731. The van der Waals surface area contributed by atoms with Gasteiger partial charge in [-0.3, -0.25) is 9.59 Å². The highest BCUT2D eigenvalue weighted by molar-refractivity contribution is 7.90. The van der Waals surface area contributed by atoms with Crippen LogP contribution in [-0.2, 0) is 30.7 Å². The van der Waals surface area contributed by atoms with E-state index in [-0.39, 0.29) is 29.1 Å². The Morgan fingerprint density at radius 2 is 2.08 bits per heavy atom. The zero-order valence-corrected chi connectivity index (χ0v) is 15.5. The van der Waals surface area contributed by atoms with E-state index in [0.29, 0.717) is 16.0 Å². The van der Waals surface area contributed by atoms with Crippen LogP contribution in [0.15, 0.2) is 28.1 Å². The summed E-state index contributed by atoms with van der Waals surface area (Å²) in [4.78, 5) is 28.4. The average Bonchev–Trinajstić information content (AvgIpc) is 3.34. The highest BCUT2D eigenvalue weighted by Crippen LogP contribution is 2.30. The van der Waals surface area contributed by atoms with E-state index in [0.717, 1.165) is 24.6 Å². The molecule has 1 aromatic heterocycles. The van der Waals surface area contributed by atoms with Gasteiger partial charge in [0.05, 0.1) is 28.6 Å². The number of methoxy groups -OCH3 is 1. The number of aromatic nitrogens is 1. The summed E-state index contributed by atoms with van der Waals surface area (Å²) in [5.74, 6) is -0.536. The van der Waals surface area contributed by atoms with E-state index < -0.39 is 9.84 Å². The molecule has 9 heteroatoms. The van der Waals surface area contributed by atoms with Crippen LogP contribution in [0.5, 0.6) is 0 Å². The largest absolute Gasteiger partial charge is 0.469 e. The van der Waals surface area contributed by atoms with Gasteiger partial charge in [0.2, 0.25) is 0 Å². The number of nitrogens with zero attached hydrogens (tertiary/aromatic N) is 2. The predicted molar refractivity (Wildman–Crippen MR) is 92.9 cm³/mol. The van der Waals surface area contributed by atoms with Gasteiger partial charge in [0.1, 0.15) is 0 Å². The van der Waals surface area contributed by atoms with Gasteiger partial charge in [0.15, 0.2) is 14.6 Å². The Kier molecular flexibility index (Phi) is 4.79. The Hall–Kier alpha value is -2.00. The normalized spacial score (nSPS) is 15.5. The first-order valence-corrected chi connectivity index (χ1v) is 10.5. The SMILES string of the molecule is COC(=O)CCn1c(=NC(=O)C2CC2)sc2cc(S(C)(=O)=O)ccc21. The van der Waals surface area contributed by atoms with E-state index >= 15 is 0 Å². The predicted octanol–water partition coefficient (Wildman–Crippen LogP) is 1.51. The Morgan fingerprint density at radius 1 is 1.36 bits per heavy atom. The van der Waals surface area contributed by atoms with Gasteiger partial charge in [-0.15, -0.1) is 0 Å². The Labute approximate surface area is 148 Å². The van der Waals surface area contributed by atoms with Crippen LogP contribution in [-0.4, -0.2) is 38.2 Å². The molecule has 3 rings (SSSR count). The highest BCUT2D eigenvalue weighted by Gasteiger charge is 2.29. The number of esters is 1. The fourth-order valence-corrected chi connectivity index (χ4v) is 4.23. The number of ether oxygens (including phenoxy) is 1. The second-order valence-electron chi connectivity index (χ2n) is 5.99. The number of hydrogen-bond acceptors (Lipinski definition) is 6. The fourth-order valence-electron chi connectivity index (χ4n) is 2.41. The lowest BCUT2D eigenvalue weighted by Gasteiger charge is -2.05. The van der Waals surface area contributed by atoms with E-state index in [9.17, 15) is 18.0 Å². The van der Waals surface area contributed by atoms with Gasteiger partial charge in [-0.05, 0) is 31.0 Å². The van der Waals surface area contributed by atoms with Gasteiger partial charge < -0.3 is 9.30 Å². The number of carbonyl (C=O) groups is 2. The summed E-state index contributed by atoms with van der Waals surface area (Å²) in [6.07, 6.45) is 3.00. The Morgan fingerprint density at radius 3 is 2.68 bits per heavy atom. The number of sulfone groups is 1. The summed E-state index contributed by atoms with van der Waals surface area (Å²) in [5.41, 5.74) is 0.739. The lowest BCUT2D eigenvalue weighted by atomic mass is 10.3. The van der Waals surface area contributed by atoms with Gasteiger partial charge >= 0.3 is 5.97 Å². The van der Waals surface area contributed by atoms with Crippen LogP contribution in [0.3, 0.4) is 0 Å². The molecule has 7 nitrogen and oxygen atoms in total. The van der Waals surface area contributed by atoms with Crippen LogP contribution in [0.2, 0.25) is 0 Å². The molecular weight excluding hydrogens is 364 g/mol. The molecule has 0 N–H and O–H groups in total. The van der Waals surface area contributed by atoms with Gasteiger partial charge in [0.25, 0.3) is 5.91 Å². The zero-order valence-electron chi connectivity index (χ0n) is 13.9. The van der Waals surface area contributed by atoms with Crippen molar-refractivity contribution in [1.82, 2.24) is 4.57 Å². The number of amides is 1. The van der Waals surface area contributed by atoms with E-state index in [1.54, 1.807) is 16.7 Å². The molecule has 0 aliphatic heterocycles. The highest BCUT2D eigenvalue weighted by atomic mass is 32.2. The molecule has 25 heavy (non-hydrogen) atoms. The second-order valence-corrected chi connectivity index (χ2v) is 9.01. The number of aryl methyl sites for hydroxylation is 1. The van der Waals surface area contributed by atoms with Crippen molar-refractivity contribution < 1.29 is 22.7 Å². The summed E-state index contributed by atoms with van der Waals surface area (Å²) in [5, 5.41) is 0. The molecular formula is C16H18N2O5S2. The van der Waals surface area contributed by atoms with Crippen LogP contribution in [0.25, 0.3) is 10.2 Å². The maximum absolute atomic E-state index is 12.1. The monoisotopic (exact) mass is 382 g/mol. The zero-order chi connectivity index (χ0) is 18.2. The minimum absolute atomic E-state index is 0.00847. The third kappa shape index (κ3) is 3.98. The maximum Gasteiger partial charge on any atom is 0.307 e. The molecule has 1 aromatic carbocycles. The molecule has 1 aliphatic rings. The van der Waals surface area contributed by atoms with E-state index in [1.165, 1.54) is 24.5 Å². The molecule has 1 fully saturated rings. The van der Waals surface area contributed by atoms with Crippen LogP contribution in [0.4, 0.5) is 0 Å². The first-order chi connectivity index (χ1) is 11.8. The van der Waals surface area contributed by atoms with Crippen molar-refractivity contribution in [3.05, 3.63) is 23.0 Å². The van der Waals surface area contributed by atoms with E-state index in [1.807, 2.05) is 0 Å². The number of fused-ring (bicyclic) bond motifs is 1. The summed E-state index contributed by atoms with van der Waals surface area (Å²) in [6, 6.07) is 4.77. The van der Waals surface area contributed by atoms with Gasteiger partial charge in [-0.1, -0.05) is 11.3 Å². The summed E-state index contributed by atoms with van der Waals surface area (Å²) < 4.78 is 30.7. The van der Waals surface area contributed by atoms with Crippen molar-refractivity contribution in [1.29, 1.82) is 0 Å². The first-order valence-electron chi connectivity index (χ1n) is 7.78. The third-order valence-electron chi connectivity index (χ3n) is 3.98.